The van der Waals surface area contributed by atoms with Gasteiger partial charge in [-0.3, -0.25) is 0 Å². The molecule has 2 saturated heterocycles. The topological polar surface area (TPSA) is 87.8 Å². The summed E-state index contributed by atoms with van der Waals surface area (Å²) in [5.41, 5.74) is 0.601. The maximum Gasteiger partial charge on any atom is 0.376 e. The van der Waals surface area contributed by atoms with E-state index >= 15 is 0 Å². The summed E-state index contributed by atoms with van der Waals surface area (Å²) in [6, 6.07) is 9.79. The van der Waals surface area contributed by atoms with Crippen molar-refractivity contribution in [2.75, 3.05) is 26.2 Å². The van der Waals surface area contributed by atoms with Crippen molar-refractivity contribution in [1.82, 2.24) is 9.71 Å². The highest BCUT2D eigenvalue weighted by Crippen LogP contribution is 2.27. The van der Waals surface area contributed by atoms with Gasteiger partial charge in [-0.15, -0.1) is 0 Å². The van der Waals surface area contributed by atoms with Crippen LogP contribution >= 0.6 is 11.6 Å². The van der Waals surface area contributed by atoms with Gasteiger partial charge in [-0.05, 0) is 88.9 Å². The smallest absolute Gasteiger partial charge is 0.376 e. The van der Waals surface area contributed by atoms with Crippen LogP contribution < -0.4 is 4.73 Å². The van der Waals surface area contributed by atoms with E-state index in [1.54, 1.807) is 18.2 Å². The van der Waals surface area contributed by atoms with Gasteiger partial charge in [-0.1, -0.05) is 17.7 Å². The van der Waals surface area contributed by atoms with Crippen LogP contribution in [0.1, 0.15) is 31.4 Å². The summed E-state index contributed by atoms with van der Waals surface area (Å²) in [6.45, 7) is 5.73. The average molecular weight is 492 g/mol. The Bertz CT molecular complexity index is 1070. The van der Waals surface area contributed by atoms with Crippen molar-refractivity contribution in [3.63, 3.8) is 0 Å². The zero-order valence-electron chi connectivity index (χ0n) is 18.9. The van der Waals surface area contributed by atoms with Gasteiger partial charge in [-0.25, -0.2) is 8.42 Å². The third-order valence-electron chi connectivity index (χ3n) is 7.08. The van der Waals surface area contributed by atoms with Gasteiger partial charge in [0.15, 0.2) is 11.9 Å². The molecule has 0 radical (unpaired) electrons. The molecular weight excluding hydrogens is 461 g/mol. The molecule has 0 aliphatic carbocycles. The molecule has 0 unspecified atom stereocenters. The molecule has 10 heteroatoms. The van der Waals surface area contributed by atoms with Crippen molar-refractivity contribution in [3.8, 4) is 0 Å². The maximum absolute atomic E-state index is 12.9. The lowest BCUT2D eigenvalue weighted by Crippen LogP contribution is -2.51. The van der Waals surface area contributed by atoms with E-state index in [4.69, 9.17) is 11.6 Å². The van der Waals surface area contributed by atoms with E-state index in [0.717, 1.165) is 58.1 Å². The molecule has 33 heavy (non-hydrogen) atoms. The fraction of sp³-hybridized carbons (Fsp3) is 0.522. The van der Waals surface area contributed by atoms with E-state index in [1.165, 1.54) is 18.2 Å². The second kappa shape index (κ2) is 10.3. The van der Waals surface area contributed by atoms with Crippen LogP contribution in [-0.4, -0.2) is 62.4 Å². The maximum atomic E-state index is 12.9. The lowest BCUT2D eigenvalue weighted by atomic mass is 9.81. The van der Waals surface area contributed by atoms with Crippen LogP contribution in [0.25, 0.3) is 0 Å². The van der Waals surface area contributed by atoms with Crippen LogP contribution in [0, 0.1) is 11.1 Å². The Kier molecular flexibility index (Phi) is 7.65. The molecule has 0 atom stereocenters. The van der Waals surface area contributed by atoms with E-state index in [-0.39, 0.29) is 16.8 Å². The summed E-state index contributed by atoms with van der Waals surface area (Å²) in [4.78, 5) is 4.73. The molecular formula is C23H31BClN3O4S. The van der Waals surface area contributed by atoms with Gasteiger partial charge in [0.25, 0.3) is 0 Å². The Hall–Kier alpha value is -1.65. The predicted octanol–water partition coefficient (Wildman–Crippen LogP) is 2.64. The van der Waals surface area contributed by atoms with Crippen molar-refractivity contribution in [1.29, 1.82) is 0 Å². The number of aromatic nitrogens is 1. The van der Waals surface area contributed by atoms with E-state index in [9.17, 15) is 18.6 Å². The molecule has 0 amide bonds. The minimum atomic E-state index is -3.79. The molecule has 2 fully saturated rings. The highest BCUT2D eigenvalue weighted by molar-refractivity contribution is 7.91. The number of hydrogen-bond donors (Lipinski definition) is 1. The van der Waals surface area contributed by atoms with Gasteiger partial charge < -0.3 is 19.9 Å². The number of nitrogens with zero attached hydrogens (tertiary/aromatic N) is 3. The molecule has 0 bridgehead atoms. The molecule has 1 N–H and O–H groups in total. The van der Waals surface area contributed by atoms with Crippen LogP contribution in [0.2, 0.25) is 11.8 Å². The second-order valence-corrected chi connectivity index (χ2v) is 11.6. The number of likely N-dealkylation sites (tertiary alicyclic amines) is 1. The lowest BCUT2D eigenvalue weighted by molar-refractivity contribution is -0.616. The van der Waals surface area contributed by atoms with Gasteiger partial charge in [0.1, 0.15) is 4.90 Å². The number of hydrogen-bond acceptors (Lipinski definition) is 6. The van der Waals surface area contributed by atoms with Gasteiger partial charge in [0.05, 0.1) is 4.90 Å². The number of piperidine rings is 2. The van der Waals surface area contributed by atoms with Gasteiger partial charge in [0, 0.05) is 23.6 Å². The molecule has 2 aliphatic heterocycles. The number of benzene rings is 1. The molecule has 3 heterocycles. The lowest BCUT2D eigenvalue weighted by Gasteiger charge is -2.42. The summed E-state index contributed by atoms with van der Waals surface area (Å²) in [6.07, 6.45) is 6.03. The van der Waals surface area contributed by atoms with Gasteiger partial charge >= 0.3 is 7.05 Å². The minimum Gasteiger partial charge on any atom is -0.618 e. The molecule has 2 aromatic rings. The highest BCUT2D eigenvalue weighted by atomic mass is 35.5. The third kappa shape index (κ3) is 5.71. The second-order valence-electron chi connectivity index (χ2n) is 9.23. The van der Waals surface area contributed by atoms with E-state index in [1.807, 2.05) is 6.82 Å². The quantitative estimate of drug-likeness (QED) is 0.380. The summed E-state index contributed by atoms with van der Waals surface area (Å²) >= 11 is 5.93. The van der Waals surface area contributed by atoms with E-state index in [0.29, 0.717) is 33.8 Å². The first-order valence-corrected chi connectivity index (χ1v) is 13.5. The van der Waals surface area contributed by atoms with Crippen molar-refractivity contribution in [3.05, 3.63) is 58.5 Å². The summed E-state index contributed by atoms with van der Waals surface area (Å²) in [5.74, 6) is 0.411. The van der Waals surface area contributed by atoms with Crippen molar-refractivity contribution in [2.45, 2.75) is 54.8 Å². The first-order chi connectivity index (χ1) is 15.7. The van der Waals surface area contributed by atoms with Gasteiger partial charge in [-0.2, -0.15) is 4.73 Å². The highest BCUT2D eigenvalue weighted by Gasteiger charge is 2.31. The largest absolute Gasteiger partial charge is 0.618 e. The Morgan fingerprint density at radius 3 is 2.39 bits per heavy atom. The standard InChI is InChI=1S/C23H31BClN3O4S/c1-24(29)27-13-9-20(10-14-27)26-11-7-18(8-12-26)15-21-5-6-23(17-28(21)30)33(31,32)22-4-2-3-19(25)16-22/h2-6,16-18,20,29H,7-15H2,1H3. The molecule has 1 aromatic carbocycles. The number of sulfone groups is 1. The number of pyridine rings is 1. The van der Waals surface area contributed by atoms with Crippen LogP contribution in [0.5, 0.6) is 0 Å². The van der Waals surface area contributed by atoms with Crippen LogP contribution in [-0.2, 0) is 16.3 Å². The van der Waals surface area contributed by atoms with E-state index < -0.39 is 9.84 Å². The van der Waals surface area contributed by atoms with Crippen LogP contribution in [0.4, 0.5) is 0 Å². The number of halogens is 1. The fourth-order valence-electron chi connectivity index (χ4n) is 5.02. The summed E-state index contributed by atoms with van der Waals surface area (Å²) < 4.78 is 26.4. The normalized spacial score (nSPS) is 19.6. The molecule has 0 saturated carbocycles. The molecule has 7 nitrogen and oxygen atoms in total. The zero-order valence-corrected chi connectivity index (χ0v) is 20.5. The fourth-order valence-corrected chi connectivity index (χ4v) is 6.57. The molecule has 178 valence electrons. The molecule has 4 rings (SSSR count). The van der Waals surface area contributed by atoms with Crippen molar-refractivity contribution in [2.24, 2.45) is 5.92 Å². The summed E-state index contributed by atoms with van der Waals surface area (Å²) in [5, 5.41) is 22.7. The predicted molar refractivity (Wildman–Crippen MR) is 129 cm³/mol. The Balaban J connectivity index is 1.34. The molecule has 2 aliphatic rings. The first kappa shape index (κ1) is 24.5. The van der Waals surface area contributed by atoms with Crippen molar-refractivity contribution < 1.29 is 18.2 Å². The first-order valence-electron chi connectivity index (χ1n) is 11.6. The zero-order chi connectivity index (χ0) is 23.6. The Morgan fingerprint density at radius 1 is 1.09 bits per heavy atom. The van der Waals surface area contributed by atoms with Crippen molar-refractivity contribution >= 4 is 28.5 Å². The van der Waals surface area contributed by atoms with E-state index in [2.05, 4.69) is 9.71 Å². The summed E-state index contributed by atoms with van der Waals surface area (Å²) in [7, 11) is -4.17. The number of rotatable bonds is 6. The third-order valence-corrected chi connectivity index (χ3v) is 9.05. The average Bonchev–Trinajstić information content (AvgIpc) is 2.81. The monoisotopic (exact) mass is 491 g/mol. The van der Waals surface area contributed by atoms with Gasteiger partial charge in [0.2, 0.25) is 9.84 Å². The SMILES string of the molecule is CB(O)N1CCC(N2CCC(Cc3ccc(S(=O)(=O)c4cccc(Cl)c4)c[n+]3[O-])CC2)CC1. The Morgan fingerprint density at radius 2 is 1.79 bits per heavy atom. The van der Waals surface area contributed by atoms with Crippen LogP contribution in [0.3, 0.4) is 0 Å². The molecule has 0 spiro atoms. The van der Waals surface area contributed by atoms with Crippen LogP contribution in [0.15, 0.2) is 52.4 Å². The minimum absolute atomic E-state index is 0.0260. The Labute approximate surface area is 201 Å². The molecule has 1 aromatic heterocycles.